The van der Waals surface area contributed by atoms with Crippen LogP contribution in [0.25, 0.3) is 0 Å². The van der Waals surface area contributed by atoms with Crippen LogP contribution in [-0.2, 0) is 20.0 Å². The third-order valence-electron chi connectivity index (χ3n) is 2.17. The highest BCUT2D eigenvalue weighted by atomic mass is 32.2. The van der Waals surface area contributed by atoms with E-state index in [1.165, 1.54) is 4.31 Å². The fraction of sp³-hybridized carbons (Fsp3) is 1.00. The first-order valence-electron chi connectivity index (χ1n) is 4.94. The lowest BCUT2D eigenvalue weighted by atomic mass is 10.4. The van der Waals surface area contributed by atoms with E-state index in [1.54, 1.807) is 0 Å². The van der Waals surface area contributed by atoms with Gasteiger partial charge in [-0.25, -0.2) is 13.1 Å². The molecule has 1 aliphatic rings. The summed E-state index contributed by atoms with van der Waals surface area (Å²) in [5.74, 6) is -0.182. The predicted molar refractivity (Wildman–Crippen MR) is 61.1 cm³/mol. The van der Waals surface area contributed by atoms with Gasteiger partial charge < -0.3 is 5.32 Å². The van der Waals surface area contributed by atoms with Gasteiger partial charge in [0.25, 0.3) is 10.2 Å². The summed E-state index contributed by atoms with van der Waals surface area (Å²) in [6.45, 7) is 1.98. The summed E-state index contributed by atoms with van der Waals surface area (Å²) in [6.07, 6.45) is 1.08. The Morgan fingerprint density at radius 1 is 1.19 bits per heavy atom. The van der Waals surface area contributed by atoms with E-state index in [2.05, 4.69) is 10.0 Å². The summed E-state index contributed by atoms with van der Waals surface area (Å²) in [5.41, 5.74) is 0. The quantitative estimate of drug-likeness (QED) is 0.590. The van der Waals surface area contributed by atoms with Gasteiger partial charge in [-0.3, -0.25) is 0 Å². The van der Waals surface area contributed by atoms with Crippen molar-refractivity contribution in [2.45, 2.75) is 0 Å². The minimum Gasteiger partial charge on any atom is -0.314 e. The summed E-state index contributed by atoms with van der Waals surface area (Å²) in [7, 11) is -6.66. The van der Waals surface area contributed by atoms with Crippen molar-refractivity contribution < 1.29 is 16.8 Å². The number of piperazine rings is 1. The Bertz CT molecular complexity index is 411. The van der Waals surface area contributed by atoms with Crippen LogP contribution < -0.4 is 10.0 Å². The molecule has 0 amide bonds. The zero-order chi connectivity index (χ0) is 12.2. The number of nitrogens with zero attached hydrogens (tertiary/aromatic N) is 1. The van der Waals surface area contributed by atoms with Gasteiger partial charge in [0, 0.05) is 39.0 Å². The Kier molecular flexibility index (Phi) is 4.68. The van der Waals surface area contributed by atoms with Gasteiger partial charge in [-0.15, -0.1) is 0 Å². The van der Waals surface area contributed by atoms with Crippen LogP contribution in [0.1, 0.15) is 0 Å². The molecule has 0 aromatic carbocycles. The minimum absolute atomic E-state index is 0.0783. The molecule has 0 spiro atoms. The molecule has 0 saturated carbocycles. The third-order valence-corrected chi connectivity index (χ3v) is 4.73. The molecule has 96 valence electrons. The van der Waals surface area contributed by atoms with Crippen LogP contribution in [0.5, 0.6) is 0 Å². The first kappa shape index (κ1) is 13.8. The summed E-state index contributed by atoms with van der Waals surface area (Å²) in [6, 6.07) is 0. The SMILES string of the molecule is CS(=O)(=O)CCNS(=O)(=O)N1CCNCC1. The van der Waals surface area contributed by atoms with Gasteiger partial charge in [0.05, 0.1) is 5.75 Å². The molecule has 0 bridgehead atoms. The number of rotatable bonds is 5. The fourth-order valence-corrected chi connectivity index (χ4v) is 3.14. The zero-order valence-corrected chi connectivity index (χ0v) is 10.8. The maximum absolute atomic E-state index is 11.7. The van der Waals surface area contributed by atoms with E-state index < -0.39 is 20.0 Å². The van der Waals surface area contributed by atoms with Crippen LogP contribution >= 0.6 is 0 Å². The molecule has 9 heteroatoms. The van der Waals surface area contributed by atoms with Crippen molar-refractivity contribution in [2.75, 3.05) is 44.7 Å². The van der Waals surface area contributed by atoms with E-state index in [0.717, 1.165) is 6.26 Å². The van der Waals surface area contributed by atoms with Crippen molar-refractivity contribution in [3.05, 3.63) is 0 Å². The van der Waals surface area contributed by atoms with E-state index >= 15 is 0 Å². The Morgan fingerprint density at radius 3 is 2.25 bits per heavy atom. The molecule has 1 aliphatic heterocycles. The van der Waals surface area contributed by atoms with Gasteiger partial charge >= 0.3 is 0 Å². The normalized spacial score (nSPS) is 19.8. The second-order valence-corrected chi connectivity index (χ2v) is 7.69. The topological polar surface area (TPSA) is 95.6 Å². The molecule has 16 heavy (non-hydrogen) atoms. The van der Waals surface area contributed by atoms with E-state index in [0.29, 0.717) is 26.2 Å². The average Bonchev–Trinajstić information content (AvgIpc) is 2.17. The lowest BCUT2D eigenvalue weighted by molar-refractivity contribution is 0.355. The molecular weight excluding hydrogens is 254 g/mol. The molecule has 1 saturated heterocycles. The molecule has 0 unspecified atom stereocenters. The molecule has 2 N–H and O–H groups in total. The molecule has 0 aliphatic carbocycles. The van der Waals surface area contributed by atoms with Crippen LogP contribution in [0.2, 0.25) is 0 Å². The van der Waals surface area contributed by atoms with Crippen molar-refractivity contribution >= 4 is 20.0 Å². The van der Waals surface area contributed by atoms with Crippen molar-refractivity contribution in [2.24, 2.45) is 0 Å². The third kappa shape index (κ3) is 4.74. The smallest absolute Gasteiger partial charge is 0.279 e. The number of nitrogens with one attached hydrogen (secondary N) is 2. The van der Waals surface area contributed by atoms with Gasteiger partial charge in [0.2, 0.25) is 0 Å². The number of hydrogen-bond acceptors (Lipinski definition) is 5. The second kappa shape index (κ2) is 5.41. The summed E-state index contributed by atoms with van der Waals surface area (Å²) < 4.78 is 48.6. The van der Waals surface area contributed by atoms with Crippen LogP contribution in [0.15, 0.2) is 0 Å². The second-order valence-electron chi connectivity index (χ2n) is 3.68. The number of sulfone groups is 1. The lowest BCUT2D eigenvalue weighted by Gasteiger charge is -2.26. The van der Waals surface area contributed by atoms with E-state index in [4.69, 9.17) is 0 Å². The van der Waals surface area contributed by atoms with Gasteiger partial charge in [-0.05, 0) is 0 Å². The van der Waals surface area contributed by atoms with Crippen molar-refractivity contribution in [1.82, 2.24) is 14.3 Å². The Hall–Kier alpha value is -0.220. The summed E-state index contributed by atoms with van der Waals surface area (Å²) in [5, 5.41) is 3.04. The van der Waals surface area contributed by atoms with Gasteiger partial charge in [-0.1, -0.05) is 0 Å². The minimum atomic E-state index is -3.53. The molecule has 0 aromatic heterocycles. The lowest BCUT2D eigenvalue weighted by Crippen LogP contribution is -2.51. The standard InChI is InChI=1S/C7H17N3O4S2/c1-15(11,12)7-4-9-16(13,14)10-5-2-8-3-6-10/h8-9H,2-7H2,1H3. The maximum Gasteiger partial charge on any atom is 0.279 e. The molecule has 0 atom stereocenters. The van der Waals surface area contributed by atoms with Gasteiger partial charge in [-0.2, -0.15) is 12.7 Å². The molecule has 1 fully saturated rings. The predicted octanol–water partition coefficient (Wildman–Crippen LogP) is -2.23. The van der Waals surface area contributed by atoms with Crippen molar-refractivity contribution in [1.29, 1.82) is 0 Å². The largest absolute Gasteiger partial charge is 0.314 e. The molecule has 0 radical (unpaired) electrons. The highest BCUT2D eigenvalue weighted by Crippen LogP contribution is 1.99. The Labute approximate surface area is 96.3 Å². The molecule has 1 heterocycles. The molecular formula is C7H17N3O4S2. The Balaban J connectivity index is 2.45. The van der Waals surface area contributed by atoms with Crippen molar-refractivity contribution in [3.63, 3.8) is 0 Å². The average molecular weight is 271 g/mol. The fourth-order valence-electron chi connectivity index (χ4n) is 1.33. The maximum atomic E-state index is 11.7. The van der Waals surface area contributed by atoms with Crippen LogP contribution in [0, 0.1) is 0 Å². The number of hydrogen-bond donors (Lipinski definition) is 2. The van der Waals surface area contributed by atoms with Crippen molar-refractivity contribution in [3.8, 4) is 0 Å². The zero-order valence-electron chi connectivity index (χ0n) is 9.14. The van der Waals surface area contributed by atoms with E-state index in [-0.39, 0.29) is 12.3 Å². The first-order valence-corrected chi connectivity index (χ1v) is 8.44. The van der Waals surface area contributed by atoms with E-state index in [1.807, 2.05) is 0 Å². The first-order chi connectivity index (χ1) is 7.31. The van der Waals surface area contributed by atoms with Gasteiger partial charge in [0.15, 0.2) is 0 Å². The van der Waals surface area contributed by atoms with Gasteiger partial charge in [0.1, 0.15) is 9.84 Å². The van der Waals surface area contributed by atoms with Crippen LogP contribution in [0.4, 0.5) is 0 Å². The van der Waals surface area contributed by atoms with Crippen LogP contribution in [-0.4, -0.2) is 65.9 Å². The molecule has 1 rings (SSSR count). The van der Waals surface area contributed by atoms with E-state index in [9.17, 15) is 16.8 Å². The van der Waals surface area contributed by atoms with Crippen LogP contribution in [0.3, 0.4) is 0 Å². The highest BCUT2D eigenvalue weighted by molar-refractivity contribution is 7.90. The molecule has 7 nitrogen and oxygen atoms in total. The monoisotopic (exact) mass is 271 g/mol. The summed E-state index contributed by atoms with van der Waals surface area (Å²) in [4.78, 5) is 0. The molecule has 0 aromatic rings. The summed E-state index contributed by atoms with van der Waals surface area (Å²) >= 11 is 0. The Morgan fingerprint density at radius 2 is 1.75 bits per heavy atom. The highest BCUT2D eigenvalue weighted by Gasteiger charge is 2.23.